The van der Waals surface area contributed by atoms with Crippen LogP contribution in [0.25, 0.3) is 0 Å². The molecule has 86 valence electrons. The fourth-order valence-corrected chi connectivity index (χ4v) is 1.40. The molecule has 0 atom stereocenters. The number of hydrogen-bond acceptors (Lipinski definition) is 3. The van der Waals surface area contributed by atoms with Crippen LogP contribution in [0.15, 0.2) is 6.07 Å². The Labute approximate surface area is 91.6 Å². The number of nitrogens with one attached hydrogen (secondary N) is 1. The molecular weight excluding hydrogens is 190 g/mol. The van der Waals surface area contributed by atoms with Gasteiger partial charge < -0.3 is 10.1 Å². The van der Waals surface area contributed by atoms with Crippen molar-refractivity contribution in [2.24, 2.45) is 7.05 Å². The Morgan fingerprint density at radius 3 is 2.87 bits per heavy atom. The number of aromatic nitrogens is 2. The van der Waals surface area contributed by atoms with Crippen LogP contribution in [0.5, 0.6) is 5.88 Å². The molecule has 15 heavy (non-hydrogen) atoms. The predicted molar refractivity (Wildman–Crippen MR) is 61.2 cm³/mol. The van der Waals surface area contributed by atoms with Crippen molar-refractivity contribution in [1.29, 1.82) is 0 Å². The Hall–Kier alpha value is -1.03. The van der Waals surface area contributed by atoms with Crippen LogP contribution in [0.4, 0.5) is 0 Å². The molecule has 0 aliphatic heterocycles. The molecule has 0 bridgehead atoms. The van der Waals surface area contributed by atoms with Crippen LogP contribution < -0.4 is 10.1 Å². The lowest BCUT2D eigenvalue weighted by atomic mass is 10.4. The highest BCUT2D eigenvalue weighted by Gasteiger charge is 2.01. The number of hydrogen-bond donors (Lipinski definition) is 1. The van der Waals surface area contributed by atoms with Crippen molar-refractivity contribution in [1.82, 2.24) is 15.1 Å². The first-order valence-electron chi connectivity index (χ1n) is 5.58. The highest BCUT2D eigenvalue weighted by atomic mass is 16.5. The summed E-state index contributed by atoms with van der Waals surface area (Å²) < 4.78 is 7.37. The number of nitrogens with zero attached hydrogens (tertiary/aromatic N) is 2. The standard InChI is InChI=1S/C11H21N3O/c1-4-6-12-7-5-8-15-11-9-10(2)13-14(11)3/h9,12H,4-8H2,1-3H3. The molecule has 0 aliphatic rings. The monoisotopic (exact) mass is 211 g/mol. The predicted octanol–water partition coefficient (Wildman–Crippen LogP) is 1.50. The van der Waals surface area contributed by atoms with Crippen molar-refractivity contribution in [3.63, 3.8) is 0 Å². The van der Waals surface area contributed by atoms with Crippen LogP contribution in [-0.4, -0.2) is 29.5 Å². The van der Waals surface area contributed by atoms with Gasteiger partial charge in [0.15, 0.2) is 0 Å². The number of aryl methyl sites for hydroxylation is 2. The van der Waals surface area contributed by atoms with Crippen LogP contribution in [-0.2, 0) is 7.05 Å². The average Bonchev–Trinajstić information content (AvgIpc) is 2.51. The van der Waals surface area contributed by atoms with E-state index in [1.807, 2.05) is 20.0 Å². The van der Waals surface area contributed by atoms with E-state index in [2.05, 4.69) is 17.3 Å². The molecule has 1 aromatic heterocycles. The zero-order valence-corrected chi connectivity index (χ0v) is 9.92. The SMILES string of the molecule is CCCNCCCOc1cc(C)nn1C. The highest BCUT2D eigenvalue weighted by molar-refractivity contribution is 5.14. The third kappa shape index (κ3) is 4.34. The van der Waals surface area contributed by atoms with E-state index in [1.165, 1.54) is 6.42 Å². The van der Waals surface area contributed by atoms with Gasteiger partial charge in [-0.1, -0.05) is 6.92 Å². The van der Waals surface area contributed by atoms with Gasteiger partial charge in [0.1, 0.15) is 0 Å². The molecule has 0 saturated heterocycles. The lowest BCUT2D eigenvalue weighted by Gasteiger charge is -2.06. The van der Waals surface area contributed by atoms with Crippen molar-refractivity contribution < 1.29 is 4.74 Å². The molecule has 1 aromatic rings. The molecule has 0 fully saturated rings. The van der Waals surface area contributed by atoms with Crippen LogP contribution >= 0.6 is 0 Å². The van der Waals surface area contributed by atoms with Crippen molar-refractivity contribution in [2.45, 2.75) is 26.7 Å². The summed E-state index contributed by atoms with van der Waals surface area (Å²) in [6, 6.07) is 1.96. The lowest BCUT2D eigenvalue weighted by molar-refractivity contribution is 0.282. The average molecular weight is 211 g/mol. The van der Waals surface area contributed by atoms with Crippen molar-refractivity contribution >= 4 is 0 Å². The maximum atomic E-state index is 5.60. The first-order chi connectivity index (χ1) is 7.24. The van der Waals surface area contributed by atoms with Gasteiger partial charge >= 0.3 is 0 Å². The van der Waals surface area contributed by atoms with E-state index in [-0.39, 0.29) is 0 Å². The lowest BCUT2D eigenvalue weighted by Crippen LogP contribution is -2.18. The maximum absolute atomic E-state index is 5.60. The van der Waals surface area contributed by atoms with Crippen LogP contribution in [0.1, 0.15) is 25.5 Å². The van der Waals surface area contributed by atoms with Gasteiger partial charge in [-0.15, -0.1) is 0 Å². The van der Waals surface area contributed by atoms with Gasteiger partial charge in [-0.2, -0.15) is 5.10 Å². The van der Waals surface area contributed by atoms with Crippen molar-refractivity contribution in [3.05, 3.63) is 11.8 Å². The smallest absolute Gasteiger partial charge is 0.211 e. The summed E-state index contributed by atoms with van der Waals surface area (Å²) in [5.41, 5.74) is 0.997. The molecule has 0 amide bonds. The Bertz CT molecular complexity index is 283. The quantitative estimate of drug-likeness (QED) is 0.695. The summed E-state index contributed by atoms with van der Waals surface area (Å²) in [5.74, 6) is 0.850. The second kappa shape index (κ2) is 6.45. The van der Waals surface area contributed by atoms with E-state index >= 15 is 0 Å². The second-order valence-corrected chi connectivity index (χ2v) is 3.70. The fraction of sp³-hybridized carbons (Fsp3) is 0.727. The summed E-state index contributed by atoms with van der Waals surface area (Å²) in [5, 5.41) is 7.55. The van der Waals surface area contributed by atoms with Gasteiger partial charge in [-0.3, -0.25) is 0 Å². The first kappa shape index (κ1) is 12.0. The summed E-state index contributed by atoms with van der Waals surface area (Å²) in [6.45, 7) is 6.99. The van der Waals surface area contributed by atoms with Crippen LogP contribution in [0, 0.1) is 6.92 Å². The minimum atomic E-state index is 0.746. The molecule has 1 N–H and O–H groups in total. The van der Waals surface area contributed by atoms with Gasteiger partial charge in [0.05, 0.1) is 12.3 Å². The fourth-order valence-electron chi connectivity index (χ4n) is 1.40. The van der Waals surface area contributed by atoms with Crippen LogP contribution in [0.2, 0.25) is 0 Å². The minimum Gasteiger partial charge on any atom is -0.478 e. The summed E-state index contributed by atoms with van der Waals surface area (Å²) in [4.78, 5) is 0. The topological polar surface area (TPSA) is 39.1 Å². The second-order valence-electron chi connectivity index (χ2n) is 3.70. The Morgan fingerprint density at radius 1 is 1.47 bits per heavy atom. The van der Waals surface area contributed by atoms with Crippen molar-refractivity contribution in [3.8, 4) is 5.88 Å². The molecule has 0 saturated carbocycles. The van der Waals surface area contributed by atoms with Gasteiger partial charge in [0, 0.05) is 13.1 Å². The molecule has 4 heteroatoms. The van der Waals surface area contributed by atoms with E-state index in [4.69, 9.17) is 4.74 Å². The highest BCUT2D eigenvalue weighted by Crippen LogP contribution is 2.10. The first-order valence-corrected chi connectivity index (χ1v) is 5.58. The van der Waals surface area contributed by atoms with Crippen molar-refractivity contribution in [2.75, 3.05) is 19.7 Å². The van der Waals surface area contributed by atoms with E-state index in [9.17, 15) is 0 Å². The summed E-state index contributed by atoms with van der Waals surface area (Å²) in [7, 11) is 1.90. The molecule has 0 aromatic carbocycles. The summed E-state index contributed by atoms with van der Waals surface area (Å²) in [6.07, 6.45) is 2.21. The molecule has 1 heterocycles. The van der Waals surface area contributed by atoms with Crippen LogP contribution in [0.3, 0.4) is 0 Å². The Balaban J connectivity index is 2.12. The molecule has 0 radical (unpaired) electrons. The minimum absolute atomic E-state index is 0.746. The van der Waals surface area contributed by atoms with Gasteiger partial charge in [-0.05, 0) is 32.9 Å². The van der Waals surface area contributed by atoms with E-state index in [0.717, 1.165) is 37.7 Å². The number of rotatable bonds is 7. The third-order valence-electron chi connectivity index (χ3n) is 2.13. The van der Waals surface area contributed by atoms with E-state index in [1.54, 1.807) is 4.68 Å². The molecule has 1 rings (SSSR count). The van der Waals surface area contributed by atoms with Gasteiger partial charge in [0.2, 0.25) is 5.88 Å². The normalized spacial score (nSPS) is 10.6. The Morgan fingerprint density at radius 2 is 2.27 bits per heavy atom. The summed E-state index contributed by atoms with van der Waals surface area (Å²) >= 11 is 0. The van der Waals surface area contributed by atoms with E-state index < -0.39 is 0 Å². The Kier molecular flexibility index (Phi) is 5.18. The molecule has 0 aliphatic carbocycles. The zero-order valence-electron chi connectivity index (χ0n) is 9.92. The molecule has 0 unspecified atom stereocenters. The van der Waals surface area contributed by atoms with Gasteiger partial charge in [0.25, 0.3) is 0 Å². The number of ether oxygens (including phenoxy) is 1. The zero-order chi connectivity index (χ0) is 11.1. The van der Waals surface area contributed by atoms with E-state index in [0.29, 0.717) is 0 Å². The molecule has 4 nitrogen and oxygen atoms in total. The third-order valence-corrected chi connectivity index (χ3v) is 2.13. The largest absolute Gasteiger partial charge is 0.478 e. The maximum Gasteiger partial charge on any atom is 0.211 e. The molecule has 0 spiro atoms. The molecular formula is C11H21N3O. The van der Waals surface area contributed by atoms with Gasteiger partial charge in [-0.25, -0.2) is 4.68 Å².